The van der Waals surface area contributed by atoms with Gasteiger partial charge in [-0.1, -0.05) is 13.8 Å². The molecule has 0 bridgehead atoms. The van der Waals surface area contributed by atoms with E-state index in [0.717, 1.165) is 0 Å². The number of ketones is 1. The predicted octanol–water partition coefficient (Wildman–Crippen LogP) is 1.76. The van der Waals surface area contributed by atoms with Gasteiger partial charge in [0.2, 0.25) is 5.91 Å². The van der Waals surface area contributed by atoms with Crippen molar-refractivity contribution < 1.29 is 9.59 Å². The van der Waals surface area contributed by atoms with Gasteiger partial charge in [-0.05, 0) is 33.6 Å². The Kier molecular flexibility index (Phi) is 4.30. The molecule has 82 valence electrons. The fourth-order valence-corrected chi connectivity index (χ4v) is 0.714. The summed E-state index contributed by atoms with van der Waals surface area (Å²) in [5.41, 5.74) is -0.914. The molecule has 0 saturated carbocycles. The summed E-state index contributed by atoms with van der Waals surface area (Å²) in [6.45, 7) is 10.8. The Bertz CT molecular complexity index is 231. The maximum atomic E-state index is 11.7. The van der Waals surface area contributed by atoms with E-state index in [0.29, 0.717) is 5.92 Å². The van der Waals surface area contributed by atoms with E-state index in [1.807, 2.05) is 20.8 Å². The Labute approximate surface area is 86.3 Å². The van der Waals surface area contributed by atoms with Crippen LogP contribution >= 0.6 is 0 Å². The Balaban J connectivity index is 4.43. The van der Waals surface area contributed by atoms with Crippen LogP contribution in [0.15, 0.2) is 0 Å². The first-order chi connectivity index (χ1) is 6.19. The highest BCUT2D eigenvalue weighted by Crippen LogP contribution is 2.17. The van der Waals surface area contributed by atoms with Crippen molar-refractivity contribution >= 4 is 11.7 Å². The summed E-state index contributed by atoms with van der Waals surface area (Å²) < 4.78 is 0. The molecule has 0 aromatic heterocycles. The summed E-state index contributed by atoms with van der Waals surface area (Å²) in [5.74, 6) is 0.0823. The van der Waals surface area contributed by atoms with E-state index in [9.17, 15) is 9.59 Å². The topological polar surface area (TPSA) is 46.2 Å². The highest BCUT2D eigenvalue weighted by molar-refractivity contribution is 6.04. The molecule has 0 aromatic carbocycles. The summed E-state index contributed by atoms with van der Waals surface area (Å²) in [4.78, 5) is 22.9. The molecule has 0 unspecified atom stereocenters. The second kappa shape index (κ2) is 4.58. The third kappa shape index (κ3) is 3.13. The first-order valence-electron chi connectivity index (χ1n) is 5.01. The lowest BCUT2D eigenvalue weighted by molar-refractivity contribution is -0.139. The van der Waals surface area contributed by atoms with Crippen LogP contribution in [-0.2, 0) is 9.59 Å². The van der Waals surface area contributed by atoms with Gasteiger partial charge in [0, 0.05) is 6.04 Å². The Morgan fingerprint density at radius 3 is 1.86 bits per heavy atom. The van der Waals surface area contributed by atoms with Gasteiger partial charge in [-0.15, -0.1) is 0 Å². The van der Waals surface area contributed by atoms with Crippen LogP contribution in [0.1, 0.15) is 41.5 Å². The molecule has 0 spiro atoms. The molecule has 0 rings (SSSR count). The fourth-order valence-electron chi connectivity index (χ4n) is 0.714. The number of hydrogen-bond donors (Lipinski definition) is 1. The van der Waals surface area contributed by atoms with E-state index in [1.54, 1.807) is 13.8 Å². The molecule has 1 N–H and O–H groups in total. The van der Waals surface area contributed by atoms with Gasteiger partial charge in [0.25, 0.3) is 0 Å². The predicted molar refractivity (Wildman–Crippen MR) is 56.9 cm³/mol. The second-order valence-electron chi connectivity index (χ2n) is 4.69. The lowest BCUT2D eigenvalue weighted by Crippen LogP contribution is -2.46. The summed E-state index contributed by atoms with van der Waals surface area (Å²) in [7, 11) is 0. The molecular formula is C11H21NO2. The maximum absolute atomic E-state index is 11.7. The molecule has 1 amide bonds. The molecule has 14 heavy (non-hydrogen) atoms. The van der Waals surface area contributed by atoms with Gasteiger partial charge < -0.3 is 5.32 Å². The van der Waals surface area contributed by atoms with Crippen LogP contribution in [0, 0.1) is 11.3 Å². The van der Waals surface area contributed by atoms with Gasteiger partial charge >= 0.3 is 0 Å². The van der Waals surface area contributed by atoms with Crippen molar-refractivity contribution in [2.45, 2.75) is 47.6 Å². The molecule has 0 heterocycles. The maximum Gasteiger partial charge on any atom is 0.233 e. The van der Waals surface area contributed by atoms with Gasteiger partial charge in [-0.25, -0.2) is 0 Å². The number of nitrogens with one attached hydrogen (secondary N) is 1. The normalized spacial score (nSPS) is 13.9. The molecular weight excluding hydrogens is 178 g/mol. The Morgan fingerprint density at radius 2 is 1.57 bits per heavy atom. The molecule has 0 fully saturated rings. The average Bonchev–Trinajstić information content (AvgIpc) is 2.03. The quantitative estimate of drug-likeness (QED) is 0.701. The van der Waals surface area contributed by atoms with Gasteiger partial charge in [0.1, 0.15) is 11.2 Å². The fraction of sp³-hybridized carbons (Fsp3) is 0.818. The summed E-state index contributed by atoms with van der Waals surface area (Å²) in [6.07, 6.45) is 0. The van der Waals surface area contributed by atoms with E-state index >= 15 is 0 Å². The van der Waals surface area contributed by atoms with Crippen LogP contribution in [0.2, 0.25) is 0 Å². The SMILES string of the molecule is CC(=O)C(C)(C)C(=O)N[C@H](C)C(C)C. The van der Waals surface area contributed by atoms with E-state index in [4.69, 9.17) is 0 Å². The molecule has 1 atom stereocenters. The van der Waals surface area contributed by atoms with Crippen molar-refractivity contribution in [2.75, 3.05) is 0 Å². The Hall–Kier alpha value is -0.860. The molecule has 0 aromatic rings. The van der Waals surface area contributed by atoms with Crippen molar-refractivity contribution in [3.05, 3.63) is 0 Å². The number of carbonyl (C=O) groups is 2. The molecule has 0 radical (unpaired) electrons. The summed E-state index contributed by atoms with van der Waals surface area (Å²) >= 11 is 0. The van der Waals surface area contributed by atoms with Crippen LogP contribution in [0.4, 0.5) is 0 Å². The van der Waals surface area contributed by atoms with Crippen LogP contribution < -0.4 is 5.32 Å². The van der Waals surface area contributed by atoms with Crippen molar-refractivity contribution in [3.63, 3.8) is 0 Å². The molecule has 0 aliphatic carbocycles. The number of hydrogen-bond acceptors (Lipinski definition) is 2. The summed E-state index contributed by atoms with van der Waals surface area (Å²) in [5, 5.41) is 2.84. The highest BCUT2D eigenvalue weighted by Gasteiger charge is 2.33. The van der Waals surface area contributed by atoms with E-state index in [1.165, 1.54) is 6.92 Å². The number of carbonyl (C=O) groups excluding carboxylic acids is 2. The number of Topliss-reactive ketones (excluding diaryl/α,β-unsaturated/α-hetero) is 1. The lowest BCUT2D eigenvalue weighted by atomic mass is 9.87. The number of amides is 1. The zero-order chi connectivity index (χ0) is 11.5. The zero-order valence-corrected chi connectivity index (χ0v) is 9.97. The minimum Gasteiger partial charge on any atom is -0.353 e. The minimum atomic E-state index is -0.914. The first-order valence-corrected chi connectivity index (χ1v) is 5.01. The standard InChI is InChI=1S/C11H21NO2/c1-7(2)8(3)12-10(14)11(5,6)9(4)13/h7-8H,1-6H3,(H,12,14)/t8-/m1/s1. The number of rotatable bonds is 4. The smallest absolute Gasteiger partial charge is 0.233 e. The third-order valence-electron chi connectivity index (χ3n) is 2.81. The molecule has 0 aliphatic heterocycles. The highest BCUT2D eigenvalue weighted by atomic mass is 16.2. The van der Waals surface area contributed by atoms with E-state index in [-0.39, 0.29) is 17.7 Å². The summed E-state index contributed by atoms with van der Waals surface area (Å²) in [6, 6.07) is 0.0983. The van der Waals surface area contributed by atoms with Crippen molar-refractivity contribution in [3.8, 4) is 0 Å². The van der Waals surface area contributed by atoms with Gasteiger partial charge in [-0.3, -0.25) is 9.59 Å². The van der Waals surface area contributed by atoms with Crippen molar-refractivity contribution in [2.24, 2.45) is 11.3 Å². The van der Waals surface area contributed by atoms with Gasteiger partial charge in [0.15, 0.2) is 0 Å². The van der Waals surface area contributed by atoms with Crippen molar-refractivity contribution in [1.82, 2.24) is 5.32 Å². The van der Waals surface area contributed by atoms with Gasteiger partial charge in [0.05, 0.1) is 0 Å². The van der Waals surface area contributed by atoms with Crippen LogP contribution in [0.3, 0.4) is 0 Å². The van der Waals surface area contributed by atoms with E-state index < -0.39 is 5.41 Å². The molecule has 0 saturated heterocycles. The molecule has 3 heteroatoms. The molecule has 3 nitrogen and oxygen atoms in total. The van der Waals surface area contributed by atoms with Crippen molar-refractivity contribution in [1.29, 1.82) is 0 Å². The largest absolute Gasteiger partial charge is 0.353 e. The monoisotopic (exact) mass is 199 g/mol. The third-order valence-corrected chi connectivity index (χ3v) is 2.81. The van der Waals surface area contributed by atoms with Crippen LogP contribution in [-0.4, -0.2) is 17.7 Å². The average molecular weight is 199 g/mol. The first kappa shape index (κ1) is 13.1. The minimum absolute atomic E-state index is 0.0983. The van der Waals surface area contributed by atoms with Crippen LogP contribution in [0.5, 0.6) is 0 Å². The molecule has 0 aliphatic rings. The van der Waals surface area contributed by atoms with Gasteiger partial charge in [-0.2, -0.15) is 0 Å². The van der Waals surface area contributed by atoms with Crippen LogP contribution in [0.25, 0.3) is 0 Å². The Morgan fingerprint density at radius 1 is 1.14 bits per heavy atom. The zero-order valence-electron chi connectivity index (χ0n) is 9.97. The van der Waals surface area contributed by atoms with E-state index in [2.05, 4.69) is 5.32 Å². The lowest BCUT2D eigenvalue weighted by Gasteiger charge is -2.25. The second-order valence-corrected chi connectivity index (χ2v) is 4.69.